The lowest BCUT2D eigenvalue weighted by Gasteiger charge is -2.50. The zero-order chi connectivity index (χ0) is 13.9. The zero-order valence-corrected chi connectivity index (χ0v) is 13.7. The first-order valence-corrected chi connectivity index (χ1v) is 9.22. The molecule has 3 rings (SSSR count). The van der Waals surface area contributed by atoms with Crippen LogP contribution >= 0.6 is 0 Å². The van der Waals surface area contributed by atoms with Crippen LogP contribution in [0.1, 0.15) is 65.2 Å². The summed E-state index contributed by atoms with van der Waals surface area (Å²) in [4.78, 5) is 5.68. The molecule has 0 aromatic heterocycles. The number of piperazine rings is 1. The van der Waals surface area contributed by atoms with Gasteiger partial charge in [0.25, 0.3) is 0 Å². The minimum atomic E-state index is 0.807. The molecule has 0 spiro atoms. The van der Waals surface area contributed by atoms with Gasteiger partial charge in [-0.15, -0.1) is 0 Å². The Kier molecular flexibility index (Phi) is 5.04. The number of nitrogens with zero attached hydrogens (tertiary/aromatic N) is 2. The van der Waals surface area contributed by atoms with E-state index in [1.807, 2.05) is 0 Å². The Labute approximate surface area is 125 Å². The van der Waals surface area contributed by atoms with Gasteiger partial charge >= 0.3 is 0 Å². The molecule has 0 radical (unpaired) electrons. The normalized spacial score (nSPS) is 33.8. The van der Waals surface area contributed by atoms with E-state index in [0.29, 0.717) is 0 Å². The standard InChI is InChI=1S/C18H34N2/c1-15(2)18-14-19-11-6-5-9-17(19)13-20(18)12-10-16-7-3-4-8-16/h15-18H,3-14H2,1-2H3. The lowest BCUT2D eigenvalue weighted by Crippen LogP contribution is -2.61. The predicted octanol–water partition coefficient (Wildman–Crippen LogP) is 3.76. The van der Waals surface area contributed by atoms with Crippen LogP contribution in [0, 0.1) is 11.8 Å². The van der Waals surface area contributed by atoms with Gasteiger partial charge in [-0.2, -0.15) is 0 Å². The maximum atomic E-state index is 2.87. The summed E-state index contributed by atoms with van der Waals surface area (Å²) in [5.41, 5.74) is 0. The monoisotopic (exact) mass is 278 g/mol. The Bertz CT molecular complexity index is 296. The van der Waals surface area contributed by atoms with Gasteiger partial charge in [-0.1, -0.05) is 46.0 Å². The van der Waals surface area contributed by atoms with Gasteiger partial charge in [0.05, 0.1) is 0 Å². The van der Waals surface area contributed by atoms with Crippen molar-refractivity contribution in [2.45, 2.75) is 77.3 Å². The third kappa shape index (κ3) is 3.39. The van der Waals surface area contributed by atoms with Crippen molar-refractivity contribution in [3.63, 3.8) is 0 Å². The molecule has 2 saturated heterocycles. The van der Waals surface area contributed by atoms with Gasteiger partial charge in [-0.3, -0.25) is 9.80 Å². The Morgan fingerprint density at radius 1 is 0.950 bits per heavy atom. The molecule has 2 aliphatic heterocycles. The molecule has 116 valence electrons. The van der Waals surface area contributed by atoms with Crippen molar-refractivity contribution < 1.29 is 0 Å². The third-order valence-electron chi connectivity index (χ3n) is 6.15. The van der Waals surface area contributed by atoms with Gasteiger partial charge in [-0.05, 0) is 44.2 Å². The zero-order valence-electron chi connectivity index (χ0n) is 13.7. The van der Waals surface area contributed by atoms with E-state index >= 15 is 0 Å². The van der Waals surface area contributed by atoms with Crippen LogP contribution in [0.4, 0.5) is 0 Å². The molecule has 0 amide bonds. The summed E-state index contributed by atoms with van der Waals surface area (Å²) < 4.78 is 0. The molecule has 3 fully saturated rings. The van der Waals surface area contributed by atoms with Crippen LogP contribution in [0.25, 0.3) is 0 Å². The lowest BCUT2D eigenvalue weighted by atomic mass is 9.91. The summed E-state index contributed by atoms with van der Waals surface area (Å²) in [6.45, 7) is 10.3. The number of rotatable bonds is 4. The highest BCUT2D eigenvalue weighted by Gasteiger charge is 2.36. The van der Waals surface area contributed by atoms with Gasteiger partial charge in [0, 0.05) is 25.2 Å². The molecule has 2 heteroatoms. The van der Waals surface area contributed by atoms with Crippen LogP contribution in [0.15, 0.2) is 0 Å². The second-order valence-corrected chi connectivity index (χ2v) is 7.89. The molecule has 0 aromatic carbocycles. The lowest BCUT2D eigenvalue weighted by molar-refractivity contribution is -0.00963. The van der Waals surface area contributed by atoms with E-state index in [1.54, 1.807) is 0 Å². The van der Waals surface area contributed by atoms with E-state index in [-0.39, 0.29) is 0 Å². The third-order valence-corrected chi connectivity index (χ3v) is 6.15. The Balaban J connectivity index is 1.57. The molecule has 0 aromatic rings. The Morgan fingerprint density at radius 3 is 2.45 bits per heavy atom. The van der Waals surface area contributed by atoms with Crippen LogP contribution in [0.3, 0.4) is 0 Å². The molecule has 2 unspecified atom stereocenters. The van der Waals surface area contributed by atoms with Crippen molar-refractivity contribution in [1.29, 1.82) is 0 Å². The van der Waals surface area contributed by atoms with Crippen molar-refractivity contribution in [3.8, 4) is 0 Å². The molecule has 0 N–H and O–H groups in total. The van der Waals surface area contributed by atoms with E-state index in [4.69, 9.17) is 0 Å². The van der Waals surface area contributed by atoms with Crippen LogP contribution in [0.5, 0.6) is 0 Å². The summed E-state index contributed by atoms with van der Waals surface area (Å²) in [7, 11) is 0. The minimum Gasteiger partial charge on any atom is -0.298 e. The topological polar surface area (TPSA) is 6.48 Å². The predicted molar refractivity (Wildman–Crippen MR) is 86.0 cm³/mol. The molecular weight excluding hydrogens is 244 g/mol. The fraction of sp³-hybridized carbons (Fsp3) is 1.00. The van der Waals surface area contributed by atoms with Gasteiger partial charge in [-0.25, -0.2) is 0 Å². The average Bonchev–Trinajstić information content (AvgIpc) is 2.97. The number of hydrogen-bond acceptors (Lipinski definition) is 2. The summed E-state index contributed by atoms with van der Waals surface area (Å²) in [5, 5.41) is 0. The smallest absolute Gasteiger partial charge is 0.0246 e. The highest BCUT2D eigenvalue weighted by Crippen LogP contribution is 2.31. The van der Waals surface area contributed by atoms with E-state index in [1.165, 1.54) is 77.5 Å². The summed E-state index contributed by atoms with van der Waals surface area (Å²) >= 11 is 0. The summed E-state index contributed by atoms with van der Waals surface area (Å²) in [6.07, 6.45) is 11.8. The summed E-state index contributed by atoms with van der Waals surface area (Å²) in [5.74, 6) is 1.86. The number of piperidine rings is 1. The van der Waals surface area contributed by atoms with Crippen molar-refractivity contribution in [3.05, 3.63) is 0 Å². The van der Waals surface area contributed by atoms with E-state index in [0.717, 1.165) is 23.9 Å². The highest BCUT2D eigenvalue weighted by molar-refractivity contribution is 4.92. The number of hydrogen-bond donors (Lipinski definition) is 0. The van der Waals surface area contributed by atoms with E-state index in [9.17, 15) is 0 Å². The maximum Gasteiger partial charge on any atom is 0.0246 e. The molecule has 0 bridgehead atoms. The number of fused-ring (bicyclic) bond motifs is 1. The second-order valence-electron chi connectivity index (χ2n) is 7.89. The molecule has 3 aliphatic rings. The SMILES string of the molecule is CC(C)C1CN2CCCCC2CN1CCC1CCCC1. The minimum absolute atomic E-state index is 0.807. The fourth-order valence-electron chi connectivity index (χ4n) is 4.81. The van der Waals surface area contributed by atoms with Gasteiger partial charge in [0.1, 0.15) is 0 Å². The first-order chi connectivity index (χ1) is 9.74. The van der Waals surface area contributed by atoms with Crippen LogP contribution in [-0.4, -0.2) is 48.1 Å². The van der Waals surface area contributed by atoms with Crippen molar-refractivity contribution >= 4 is 0 Å². The molecule has 2 atom stereocenters. The van der Waals surface area contributed by atoms with Crippen molar-refractivity contribution in [2.24, 2.45) is 11.8 Å². The summed E-state index contributed by atoms with van der Waals surface area (Å²) in [6, 6.07) is 1.69. The van der Waals surface area contributed by atoms with Crippen LogP contribution in [0.2, 0.25) is 0 Å². The molecule has 2 nitrogen and oxygen atoms in total. The first-order valence-electron chi connectivity index (χ1n) is 9.22. The van der Waals surface area contributed by atoms with Gasteiger partial charge in [0.2, 0.25) is 0 Å². The highest BCUT2D eigenvalue weighted by atomic mass is 15.3. The quantitative estimate of drug-likeness (QED) is 0.772. The average molecular weight is 278 g/mol. The molecule has 1 saturated carbocycles. The Morgan fingerprint density at radius 2 is 1.70 bits per heavy atom. The molecular formula is C18H34N2. The van der Waals surface area contributed by atoms with E-state index in [2.05, 4.69) is 23.6 Å². The van der Waals surface area contributed by atoms with Gasteiger partial charge < -0.3 is 0 Å². The maximum absolute atomic E-state index is 2.87. The molecule has 2 heterocycles. The first kappa shape index (κ1) is 14.8. The Hall–Kier alpha value is -0.0800. The van der Waals surface area contributed by atoms with Crippen molar-refractivity contribution in [2.75, 3.05) is 26.2 Å². The van der Waals surface area contributed by atoms with Crippen molar-refractivity contribution in [1.82, 2.24) is 9.80 Å². The largest absolute Gasteiger partial charge is 0.298 e. The van der Waals surface area contributed by atoms with E-state index < -0.39 is 0 Å². The molecule has 20 heavy (non-hydrogen) atoms. The van der Waals surface area contributed by atoms with Gasteiger partial charge in [0.15, 0.2) is 0 Å². The molecule has 1 aliphatic carbocycles. The van der Waals surface area contributed by atoms with Crippen LogP contribution in [-0.2, 0) is 0 Å². The fourth-order valence-corrected chi connectivity index (χ4v) is 4.81. The second kappa shape index (κ2) is 6.79. The van der Waals surface area contributed by atoms with Crippen LogP contribution < -0.4 is 0 Å².